The van der Waals surface area contributed by atoms with Gasteiger partial charge < -0.3 is 9.84 Å². The number of amides is 1. The zero-order valence-corrected chi connectivity index (χ0v) is 17.3. The van der Waals surface area contributed by atoms with Gasteiger partial charge in [0, 0.05) is 23.9 Å². The molecule has 1 N–H and O–H groups in total. The number of benzene rings is 1. The van der Waals surface area contributed by atoms with Gasteiger partial charge in [-0.15, -0.1) is 11.3 Å². The summed E-state index contributed by atoms with van der Waals surface area (Å²) in [5.41, 5.74) is 2.67. The van der Waals surface area contributed by atoms with Crippen LogP contribution >= 0.6 is 11.3 Å². The van der Waals surface area contributed by atoms with Gasteiger partial charge >= 0.3 is 5.69 Å². The highest BCUT2D eigenvalue weighted by Gasteiger charge is 2.19. The molecule has 0 spiro atoms. The molecule has 0 aliphatic carbocycles. The van der Waals surface area contributed by atoms with Crippen molar-refractivity contribution in [3.63, 3.8) is 0 Å². The Balaban J connectivity index is 1.77. The minimum atomic E-state index is -0.315. The number of imidazole rings is 1. The zero-order chi connectivity index (χ0) is 20.7. The molecule has 0 unspecified atom stereocenters. The third-order valence-corrected chi connectivity index (χ3v) is 5.31. The number of rotatable bonds is 5. The molecular weight excluding hydrogens is 392 g/mol. The minimum absolute atomic E-state index is 0.0609. The van der Waals surface area contributed by atoms with E-state index in [-0.39, 0.29) is 24.2 Å². The molecule has 0 atom stereocenters. The number of hydrogen-bond donors (Lipinski definition) is 1. The lowest BCUT2D eigenvalue weighted by Gasteiger charge is -2.06. The minimum Gasteiger partial charge on any atom is -0.339 e. The molecule has 0 aliphatic rings. The standard InChI is InChI=1S/C19H20N6O3S/c1-10(2)25-14-6-5-13(17-21-12(4)28-23-17)7-15(14)24(19(25)27)8-16(26)22-18-20-11(3)9-29-18/h5-7,9-10H,8H2,1-4H3,(H,20,22,26). The highest BCUT2D eigenvalue weighted by molar-refractivity contribution is 7.13. The number of carbonyl (C=O) groups is 1. The second kappa shape index (κ2) is 7.28. The Labute approximate surface area is 170 Å². The van der Waals surface area contributed by atoms with Crippen molar-refractivity contribution < 1.29 is 9.32 Å². The van der Waals surface area contributed by atoms with Gasteiger partial charge in [0.25, 0.3) is 0 Å². The third kappa shape index (κ3) is 3.58. The van der Waals surface area contributed by atoms with Gasteiger partial charge in [-0.3, -0.25) is 13.9 Å². The molecule has 10 heteroatoms. The SMILES string of the molecule is Cc1csc(NC(=O)Cn2c(=O)n(C(C)C)c3ccc(-c4noc(C)n4)cc32)n1. The largest absolute Gasteiger partial charge is 0.339 e. The van der Waals surface area contributed by atoms with Crippen molar-refractivity contribution in [1.82, 2.24) is 24.3 Å². The van der Waals surface area contributed by atoms with E-state index in [1.165, 1.54) is 15.9 Å². The fourth-order valence-corrected chi connectivity index (χ4v) is 3.91. The van der Waals surface area contributed by atoms with Gasteiger partial charge in [-0.05, 0) is 39.0 Å². The molecular formula is C19H20N6O3S. The topological polar surface area (TPSA) is 108 Å². The first-order valence-corrected chi connectivity index (χ1v) is 9.99. The normalized spacial score (nSPS) is 11.5. The Morgan fingerprint density at radius 3 is 2.66 bits per heavy atom. The summed E-state index contributed by atoms with van der Waals surface area (Å²) >= 11 is 1.35. The van der Waals surface area contributed by atoms with Crippen LogP contribution in [0.25, 0.3) is 22.4 Å². The van der Waals surface area contributed by atoms with Gasteiger partial charge in [0.2, 0.25) is 17.6 Å². The summed E-state index contributed by atoms with van der Waals surface area (Å²) in [5, 5.41) is 9.05. The average molecular weight is 412 g/mol. The fraction of sp³-hybridized carbons (Fsp3) is 0.316. The molecule has 3 aromatic heterocycles. The summed E-state index contributed by atoms with van der Waals surface area (Å²) in [4.78, 5) is 34.1. The van der Waals surface area contributed by atoms with Crippen LogP contribution < -0.4 is 11.0 Å². The quantitative estimate of drug-likeness (QED) is 0.539. The maximum Gasteiger partial charge on any atom is 0.329 e. The number of fused-ring (bicyclic) bond motifs is 1. The molecule has 0 aliphatic heterocycles. The summed E-state index contributed by atoms with van der Waals surface area (Å²) in [6.07, 6.45) is 0. The fourth-order valence-electron chi connectivity index (χ4n) is 3.20. The predicted octanol–water partition coefficient (Wildman–Crippen LogP) is 3.15. The van der Waals surface area contributed by atoms with Crippen molar-refractivity contribution in [2.45, 2.75) is 40.3 Å². The van der Waals surface area contributed by atoms with E-state index < -0.39 is 0 Å². The van der Waals surface area contributed by atoms with E-state index in [0.29, 0.717) is 27.9 Å². The van der Waals surface area contributed by atoms with Crippen molar-refractivity contribution in [2.24, 2.45) is 0 Å². The Morgan fingerprint density at radius 1 is 1.24 bits per heavy atom. The number of thiazole rings is 1. The number of carbonyl (C=O) groups excluding carboxylic acids is 1. The van der Waals surface area contributed by atoms with Crippen LogP contribution in [0.3, 0.4) is 0 Å². The van der Waals surface area contributed by atoms with E-state index in [2.05, 4.69) is 20.4 Å². The summed E-state index contributed by atoms with van der Waals surface area (Å²) in [5.74, 6) is 0.573. The van der Waals surface area contributed by atoms with Crippen molar-refractivity contribution >= 4 is 33.4 Å². The van der Waals surface area contributed by atoms with E-state index in [1.54, 1.807) is 17.6 Å². The number of nitrogens with one attached hydrogen (secondary N) is 1. The number of hydrogen-bond acceptors (Lipinski definition) is 7. The van der Waals surface area contributed by atoms with Crippen LogP contribution in [0, 0.1) is 13.8 Å². The Morgan fingerprint density at radius 2 is 2.03 bits per heavy atom. The summed E-state index contributed by atoms with van der Waals surface area (Å²) in [7, 11) is 0. The smallest absolute Gasteiger partial charge is 0.329 e. The summed E-state index contributed by atoms with van der Waals surface area (Å²) in [6, 6.07) is 5.43. The molecule has 9 nitrogen and oxygen atoms in total. The number of nitrogens with zero attached hydrogens (tertiary/aromatic N) is 5. The highest BCUT2D eigenvalue weighted by Crippen LogP contribution is 2.24. The Bertz CT molecular complexity index is 1260. The predicted molar refractivity (Wildman–Crippen MR) is 110 cm³/mol. The number of aryl methyl sites for hydroxylation is 2. The molecule has 150 valence electrons. The number of aromatic nitrogens is 5. The van der Waals surface area contributed by atoms with Gasteiger partial charge in [-0.25, -0.2) is 9.78 Å². The van der Waals surface area contributed by atoms with Gasteiger partial charge in [-0.1, -0.05) is 5.16 Å². The van der Waals surface area contributed by atoms with Crippen LogP contribution in [0.2, 0.25) is 0 Å². The molecule has 0 saturated carbocycles. The van der Waals surface area contributed by atoms with E-state index >= 15 is 0 Å². The molecule has 1 amide bonds. The van der Waals surface area contributed by atoms with E-state index in [0.717, 1.165) is 11.2 Å². The summed E-state index contributed by atoms with van der Waals surface area (Å²) in [6.45, 7) is 7.31. The molecule has 29 heavy (non-hydrogen) atoms. The van der Waals surface area contributed by atoms with Crippen LogP contribution in [-0.2, 0) is 11.3 Å². The molecule has 1 aromatic carbocycles. The van der Waals surface area contributed by atoms with Crippen LogP contribution in [-0.4, -0.2) is 30.2 Å². The highest BCUT2D eigenvalue weighted by atomic mass is 32.1. The first-order valence-electron chi connectivity index (χ1n) is 9.11. The first-order chi connectivity index (χ1) is 13.8. The molecule has 0 fully saturated rings. The maximum atomic E-state index is 13.1. The van der Waals surface area contributed by atoms with E-state index in [9.17, 15) is 9.59 Å². The molecule has 4 rings (SSSR count). The van der Waals surface area contributed by atoms with Crippen molar-refractivity contribution in [3.8, 4) is 11.4 Å². The van der Waals surface area contributed by atoms with Crippen LogP contribution in [0.5, 0.6) is 0 Å². The second-order valence-electron chi connectivity index (χ2n) is 7.02. The van der Waals surface area contributed by atoms with Gasteiger partial charge in [-0.2, -0.15) is 4.98 Å². The van der Waals surface area contributed by atoms with Crippen molar-refractivity contribution in [2.75, 3.05) is 5.32 Å². The lowest BCUT2D eigenvalue weighted by molar-refractivity contribution is -0.116. The third-order valence-electron chi connectivity index (χ3n) is 4.43. The van der Waals surface area contributed by atoms with Gasteiger partial charge in [0.05, 0.1) is 16.7 Å². The van der Waals surface area contributed by atoms with Crippen molar-refractivity contribution in [3.05, 3.63) is 45.6 Å². The molecule has 0 saturated heterocycles. The lowest BCUT2D eigenvalue weighted by atomic mass is 10.2. The zero-order valence-electron chi connectivity index (χ0n) is 16.5. The first kappa shape index (κ1) is 19.1. The summed E-state index contributed by atoms with van der Waals surface area (Å²) < 4.78 is 8.18. The second-order valence-corrected chi connectivity index (χ2v) is 7.87. The van der Waals surface area contributed by atoms with E-state index in [1.807, 2.05) is 38.3 Å². The maximum absolute atomic E-state index is 13.1. The van der Waals surface area contributed by atoms with Crippen LogP contribution in [0.4, 0.5) is 5.13 Å². The molecule has 4 aromatic rings. The van der Waals surface area contributed by atoms with Gasteiger partial charge in [0.15, 0.2) is 5.13 Å². The van der Waals surface area contributed by atoms with Crippen LogP contribution in [0.1, 0.15) is 31.5 Å². The van der Waals surface area contributed by atoms with Gasteiger partial charge in [0.1, 0.15) is 6.54 Å². The molecule has 3 heterocycles. The average Bonchev–Trinajstić information content (AvgIpc) is 3.34. The van der Waals surface area contributed by atoms with E-state index in [4.69, 9.17) is 4.52 Å². The van der Waals surface area contributed by atoms with Crippen LogP contribution in [0.15, 0.2) is 32.9 Å². The van der Waals surface area contributed by atoms with Crippen molar-refractivity contribution in [1.29, 1.82) is 0 Å². The number of anilines is 1. The molecule has 0 radical (unpaired) electrons. The Hall–Kier alpha value is -3.27. The monoisotopic (exact) mass is 412 g/mol. The molecule has 0 bridgehead atoms. The lowest BCUT2D eigenvalue weighted by Crippen LogP contribution is -2.30. The Kier molecular flexibility index (Phi) is 4.79.